The molecule has 1 aromatic heterocycles. The predicted octanol–water partition coefficient (Wildman–Crippen LogP) is 1.72. The van der Waals surface area contributed by atoms with Gasteiger partial charge in [-0.15, -0.1) is 10.2 Å². The first-order chi connectivity index (χ1) is 13.3. The Balaban J connectivity index is 1.64. The Bertz CT molecular complexity index is 904. The Kier molecular flexibility index (Phi) is 6.21. The highest BCUT2D eigenvalue weighted by Crippen LogP contribution is 2.31. The molecule has 0 aliphatic carbocycles. The van der Waals surface area contributed by atoms with Gasteiger partial charge in [0.25, 0.3) is 0 Å². The van der Waals surface area contributed by atoms with Crippen LogP contribution in [0.25, 0.3) is 0 Å². The maximum Gasteiger partial charge on any atom is 0.243 e. The average molecular weight is 410 g/mol. The minimum atomic E-state index is -3.60. The molecule has 2 aromatic rings. The number of piperazine rings is 1. The molecular formula is C18H26N4O5S. The minimum absolute atomic E-state index is 0.185. The molecule has 2 heterocycles. The second-order valence-electron chi connectivity index (χ2n) is 6.89. The largest absolute Gasteiger partial charge is 0.493 e. The summed E-state index contributed by atoms with van der Waals surface area (Å²) < 4.78 is 43.5. The molecule has 28 heavy (non-hydrogen) atoms. The zero-order valence-corrected chi connectivity index (χ0v) is 17.4. The number of ether oxygens (including phenoxy) is 2. The van der Waals surface area contributed by atoms with E-state index in [0.717, 1.165) is 0 Å². The Morgan fingerprint density at radius 2 is 1.75 bits per heavy atom. The minimum Gasteiger partial charge on any atom is -0.493 e. The Hall–Kier alpha value is -2.17. The zero-order chi connectivity index (χ0) is 20.3. The van der Waals surface area contributed by atoms with Crippen LogP contribution in [0.15, 0.2) is 27.5 Å². The third kappa shape index (κ3) is 4.29. The van der Waals surface area contributed by atoms with E-state index in [1.54, 1.807) is 6.07 Å². The van der Waals surface area contributed by atoms with Crippen molar-refractivity contribution in [3.05, 3.63) is 30.0 Å². The number of sulfonamides is 1. The fourth-order valence-electron chi connectivity index (χ4n) is 3.01. The molecule has 1 saturated heterocycles. The predicted molar refractivity (Wildman–Crippen MR) is 102 cm³/mol. The number of aromatic nitrogens is 2. The van der Waals surface area contributed by atoms with Crippen LogP contribution in [0.2, 0.25) is 0 Å². The Labute approximate surface area is 165 Å². The summed E-state index contributed by atoms with van der Waals surface area (Å²) in [5.41, 5.74) is 0. The van der Waals surface area contributed by atoms with Crippen molar-refractivity contribution in [3.63, 3.8) is 0 Å². The van der Waals surface area contributed by atoms with Crippen LogP contribution in [0.1, 0.15) is 31.5 Å². The SMILES string of the molecule is COc1ccc(S(=O)(=O)N2CCN(Cc3nnc(C(C)C)o3)CC2)cc1OC. The molecule has 154 valence electrons. The monoisotopic (exact) mass is 410 g/mol. The molecular weight excluding hydrogens is 384 g/mol. The van der Waals surface area contributed by atoms with Crippen molar-refractivity contribution in [1.29, 1.82) is 0 Å². The van der Waals surface area contributed by atoms with E-state index in [0.29, 0.717) is 56.0 Å². The molecule has 0 atom stereocenters. The Morgan fingerprint density at radius 3 is 2.32 bits per heavy atom. The quantitative estimate of drug-likeness (QED) is 0.680. The van der Waals surface area contributed by atoms with Gasteiger partial charge in [0, 0.05) is 38.2 Å². The maximum absolute atomic E-state index is 13.0. The second-order valence-corrected chi connectivity index (χ2v) is 8.82. The summed E-state index contributed by atoms with van der Waals surface area (Å²) in [6, 6.07) is 4.63. The van der Waals surface area contributed by atoms with Crippen molar-refractivity contribution in [1.82, 2.24) is 19.4 Å². The van der Waals surface area contributed by atoms with E-state index in [9.17, 15) is 8.42 Å². The van der Waals surface area contributed by atoms with Gasteiger partial charge in [-0.2, -0.15) is 4.31 Å². The molecule has 9 nitrogen and oxygen atoms in total. The van der Waals surface area contributed by atoms with E-state index in [1.807, 2.05) is 13.8 Å². The number of methoxy groups -OCH3 is 2. The van der Waals surface area contributed by atoms with E-state index >= 15 is 0 Å². The summed E-state index contributed by atoms with van der Waals surface area (Å²) in [7, 11) is -0.609. The molecule has 0 radical (unpaired) electrons. The molecule has 0 unspecified atom stereocenters. The fourth-order valence-corrected chi connectivity index (χ4v) is 4.45. The summed E-state index contributed by atoms with van der Waals surface area (Å²) in [4.78, 5) is 2.30. The highest BCUT2D eigenvalue weighted by atomic mass is 32.2. The number of benzene rings is 1. The summed E-state index contributed by atoms with van der Waals surface area (Å²) in [6.07, 6.45) is 0. The van der Waals surface area contributed by atoms with Crippen molar-refractivity contribution in [3.8, 4) is 11.5 Å². The van der Waals surface area contributed by atoms with Crippen molar-refractivity contribution in [2.75, 3.05) is 40.4 Å². The van der Waals surface area contributed by atoms with E-state index < -0.39 is 10.0 Å². The highest BCUT2D eigenvalue weighted by Gasteiger charge is 2.30. The van der Waals surface area contributed by atoms with E-state index in [1.165, 1.54) is 30.7 Å². The van der Waals surface area contributed by atoms with Crippen LogP contribution in [0.4, 0.5) is 0 Å². The molecule has 0 bridgehead atoms. The van der Waals surface area contributed by atoms with Crippen LogP contribution < -0.4 is 9.47 Å². The van der Waals surface area contributed by atoms with Gasteiger partial charge in [0.2, 0.25) is 21.8 Å². The van der Waals surface area contributed by atoms with Crippen LogP contribution in [-0.4, -0.2) is 68.2 Å². The first-order valence-corrected chi connectivity index (χ1v) is 10.6. The van der Waals surface area contributed by atoms with Gasteiger partial charge in [-0.25, -0.2) is 8.42 Å². The fraction of sp³-hybridized carbons (Fsp3) is 0.556. The maximum atomic E-state index is 13.0. The van der Waals surface area contributed by atoms with Gasteiger partial charge in [0.05, 0.1) is 25.7 Å². The number of hydrogen-bond donors (Lipinski definition) is 0. The first-order valence-electron chi connectivity index (χ1n) is 9.12. The molecule has 1 fully saturated rings. The summed E-state index contributed by atoms with van der Waals surface area (Å²) in [5, 5.41) is 8.10. The third-order valence-electron chi connectivity index (χ3n) is 4.66. The van der Waals surface area contributed by atoms with E-state index in [-0.39, 0.29) is 10.8 Å². The number of nitrogens with zero attached hydrogens (tertiary/aromatic N) is 4. The topological polar surface area (TPSA) is 98.0 Å². The van der Waals surface area contributed by atoms with Crippen LogP contribution >= 0.6 is 0 Å². The lowest BCUT2D eigenvalue weighted by atomic mass is 10.2. The van der Waals surface area contributed by atoms with Gasteiger partial charge >= 0.3 is 0 Å². The number of rotatable bonds is 7. The normalized spacial score (nSPS) is 16.5. The molecule has 3 rings (SSSR count). The summed E-state index contributed by atoms with van der Waals surface area (Å²) >= 11 is 0. The second kappa shape index (κ2) is 8.46. The summed E-state index contributed by atoms with van der Waals surface area (Å²) in [6.45, 7) is 6.47. The standard InChI is InChI=1S/C18H26N4O5S/c1-13(2)18-20-19-17(27-18)12-21-7-9-22(10-8-21)28(23,24)14-5-6-15(25-3)16(11-14)26-4/h5-6,11,13H,7-10,12H2,1-4H3. The van der Waals surface area contributed by atoms with Crippen molar-refractivity contribution in [2.24, 2.45) is 0 Å². The molecule has 1 aromatic carbocycles. The van der Waals surface area contributed by atoms with Gasteiger partial charge in [-0.05, 0) is 12.1 Å². The smallest absolute Gasteiger partial charge is 0.243 e. The van der Waals surface area contributed by atoms with Crippen molar-refractivity contribution < 1.29 is 22.3 Å². The Morgan fingerprint density at radius 1 is 1.07 bits per heavy atom. The molecule has 10 heteroatoms. The average Bonchev–Trinajstić information content (AvgIpc) is 3.16. The molecule has 0 N–H and O–H groups in total. The molecule has 0 saturated carbocycles. The molecule has 1 aliphatic heterocycles. The van der Waals surface area contributed by atoms with Gasteiger partial charge < -0.3 is 13.9 Å². The highest BCUT2D eigenvalue weighted by molar-refractivity contribution is 7.89. The van der Waals surface area contributed by atoms with E-state index in [2.05, 4.69) is 15.1 Å². The number of hydrogen-bond acceptors (Lipinski definition) is 8. The lowest BCUT2D eigenvalue weighted by molar-refractivity contribution is 0.167. The lowest BCUT2D eigenvalue weighted by Gasteiger charge is -2.33. The molecule has 0 spiro atoms. The molecule has 0 amide bonds. The van der Waals surface area contributed by atoms with Crippen molar-refractivity contribution >= 4 is 10.0 Å². The van der Waals surface area contributed by atoms with Crippen molar-refractivity contribution in [2.45, 2.75) is 31.2 Å². The zero-order valence-electron chi connectivity index (χ0n) is 16.6. The van der Waals surface area contributed by atoms with Crippen LogP contribution in [0, 0.1) is 0 Å². The molecule has 1 aliphatic rings. The van der Waals surface area contributed by atoms with Gasteiger partial charge in [-0.3, -0.25) is 4.90 Å². The van der Waals surface area contributed by atoms with Crippen LogP contribution in [0.5, 0.6) is 11.5 Å². The lowest BCUT2D eigenvalue weighted by Crippen LogP contribution is -2.48. The third-order valence-corrected chi connectivity index (χ3v) is 6.55. The van der Waals surface area contributed by atoms with Gasteiger partial charge in [0.1, 0.15) is 0 Å². The van der Waals surface area contributed by atoms with E-state index in [4.69, 9.17) is 13.9 Å². The first kappa shape index (κ1) is 20.6. The summed E-state index contributed by atoms with van der Waals surface area (Å²) in [5.74, 6) is 2.24. The van der Waals surface area contributed by atoms with Crippen LogP contribution in [0.3, 0.4) is 0 Å². The van der Waals surface area contributed by atoms with Gasteiger partial charge in [0.15, 0.2) is 11.5 Å². The van der Waals surface area contributed by atoms with Gasteiger partial charge in [-0.1, -0.05) is 13.8 Å². The van der Waals surface area contributed by atoms with Crippen LogP contribution in [-0.2, 0) is 16.6 Å².